The minimum absolute atomic E-state index is 0.00186. The quantitative estimate of drug-likeness (QED) is 0.794. The highest BCUT2D eigenvalue weighted by atomic mass is 19.1. The van der Waals surface area contributed by atoms with Crippen LogP contribution in [0.3, 0.4) is 0 Å². The number of amides is 2. The number of ether oxygens (including phenoxy) is 1. The van der Waals surface area contributed by atoms with Crippen LogP contribution in [0.25, 0.3) is 0 Å². The molecule has 0 bridgehead atoms. The van der Waals surface area contributed by atoms with Gasteiger partial charge in [-0.25, -0.2) is 9.37 Å². The first-order chi connectivity index (χ1) is 15.1. The van der Waals surface area contributed by atoms with Crippen LogP contribution in [0.5, 0.6) is 0 Å². The number of benzene rings is 1. The second-order valence-corrected chi connectivity index (χ2v) is 7.91. The van der Waals surface area contributed by atoms with E-state index in [9.17, 15) is 14.0 Å². The fourth-order valence-electron chi connectivity index (χ4n) is 3.98. The highest BCUT2D eigenvalue weighted by Crippen LogP contribution is 2.23. The fraction of sp³-hybridized carbons (Fsp3) is 0.435. The van der Waals surface area contributed by atoms with Crippen LogP contribution in [0.4, 0.5) is 10.2 Å². The SMILES string of the molecule is O=C(NCc1ccc(F)cc1)C1CCN(c2cc(C(=O)N3CCOCC3)ccn2)CC1. The lowest BCUT2D eigenvalue weighted by Gasteiger charge is -2.32. The Morgan fingerprint density at radius 3 is 2.48 bits per heavy atom. The molecule has 1 N–H and O–H groups in total. The first kappa shape index (κ1) is 21.2. The number of morpholine rings is 1. The van der Waals surface area contributed by atoms with Crippen LogP contribution in [0.1, 0.15) is 28.8 Å². The average Bonchev–Trinajstić information content (AvgIpc) is 2.84. The highest BCUT2D eigenvalue weighted by Gasteiger charge is 2.26. The van der Waals surface area contributed by atoms with E-state index in [1.165, 1.54) is 12.1 Å². The van der Waals surface area contributed by atoms with Gasteiger partial charge in [-0.2, -0.15) is 0 Å². The Balaban J connectivity index is 1.29. The van der Waals surface area contributed by atoms with Crippen LogP contribution in [0.2, 0.25) is 0 Å². The van der Waals surface area contributed by atoms with Crippen molar-refractivity contribution in [2.24, 2.45) is 5.92 Å². The third-order valence-corrected chi connectivity index (χ3v) is 5.86. The zero-order valence-corrected chi connectivity index (χ0v) is 17.4. The lowest BCUT2D eigenvalue weighted by Crippen LogP contribution is -2.41. The predicted octanol–water partition coefficient (Wildman–Crippen LogP) is 2.23. The molecule has 8 heteroatoms. The summed E-state index contributed by atoms with van der Waals surface area (Å²) >= 11 is 0. The van der Waals surface area contributed by atoms with Crippen molar-refractivity contribution in [3.63, 3.8) is 0 Å². The van der Waals surface area contributed by atoms with Crippen LogP contribution in [-0.4, -0.2) is 61.1 Å². The molecule has 2 aromatic rings. The highest BCUT2D eigenvalue weighted by molar-refractivity contribution is 5.95. The number of hydrogen-bond donors (Lipinski definition) is 1. The Morgan fingerprint density at radius 2 is 1.77 bits per heavy atom. The van der Waals surface area contributed by atoms with Crippen LogP contribution in [0, 0.1) is 11.7 Å². The van der Waals surface area contributed by atoms with E-state index in [4.69, 9.17) is 4.74 Å². The van der Waals surface area contributed by atoms with Gasteiger partial charge in [-0.05, 0) is 42.7 Å². The van der Waals surface area contributed by atoms with Crippen molar-refractivity contribution >= 4 is 17.6 Å². The lowest BCUT2D eigenvalue weighted by atomic mass is 9.95. The molecule has 2 aliphatic rings. The van der Waals surface area contributed by atoms with Crippen LogP contribution >= 0.6 is 0 Å². The number of nitrogens with one attached hydrogen (secondary N) is 1. The maximum absolute atomic E-state index is 13.0. The Hall–Kier alpha value is -3.00. The van der Waals surface area contributed by atoms with Crippen molar-refractivity contribution in [3.05, 3.63) is 59.5 Å². The molecular weight excluding hydrogens is 399 g/mol. The van der Waals surface area contributed by atoms with Gasteiger partial charge in [0, 0.05) is 50.4 Å². The Labute approximate surface area is 181 Å². The molecule has 2 fully saturated rings. The molecule has 3 heterocycles. The predicted molar refractivity (Wildman–Crippen MR) is 114 cm³/mol. The number of carbonyl (C=O) groups is 2. The van der Waals surface area contributed by atoms with Gasteiger partial charge in [-0.1, -0.05) is 12.1 Å². The normalized spacial score (nSPS) is 17.5. The van der Waals surface area contributed by atoms with Crippen LogP contribution in [-0.2, 0) is 16.1 Å². The molecule has 4 rings (SSSR count). The molecule has 164 valence electrons. The summed E-state index contributed by atoms with van der Waals surface area (Å²) in [6.07, 6.45) is 3.11. The zero-order chi connectivity index (χ0) is 21.6. The van der Waals surface area contributed by atoms with E-state index in [0.717, 1.165) is 24.2 Å². The van der Waals surface area contributed by atoms with Gasteiger partial charge < -0.3 is 19.9 Å². The first-order valence-electron chi connectivity index (χ1n) is 10.7. The van der Waals surface area contributed by atoms with E-state index >= 15 is 0 Å². The monoisotopic (exact) mass is 426 g/mol. The largest absolute Gasteiger partial charge is 0.378 e. The van der Waals surface area contributed by atoms with Crippen LogP contribution < -0.4 is 10.2 Å². The van der Waals surface area contributed by atoms with Gasteiger partial charge in [-0.3, -0.25) is 9.59 Å². The summed E-state index contributed by atoms with van der Waals surface area (Å²) < 4.78 is 18.3. The van der Waals surface area contributed by atoms with E-state index in [0.29, 0.717) is 51.5 Å². The van der Waals surface area contributed by atoms with E-state index in [1.807, 2.05) is 6.07 Å². The molecule has 2 aliphatic heterocycles. The average molecular weight is 426 g/mol. The number of pyridine rings is 1. The van der Waals surface area contributed by atoms with Gasteiger partial charge in [-0.15, -0.1) is 0 Å². The molecule has 0 saturated carbocycles. The van der Waals surface area contributed by atoms with Crippen molar-refractivity contribution in [2.75, 3.05) is 44.3 Å². The summed E-state index contributed by atoms with van der Waals surface area (Å²) in [5, 5.41) is 2.95. The van der Waals surface area contributed by atoms with E-state index in [-0.39, 0.29) is 23.5 Å². The summed E-state index contributed by atoms with van der Waals surface area (Å²) in [6.45, 7) is 4.16. The number of nitrogens with zero attached hydrogens (tertiary/aromatic N) is 3. The standard InChI is InChI=1S/C23H27FN4O3/c24-20-3-1-17(2-4-20)16-26-22(29)18-6-9-27(10-7-18)21-15-19(5-8-25-21)23(30)28-11-13-31-14-12-28/h1-5,8,15,18H,6-7,9-14,16H2,(H,26,29). The molecule has 31 heavy (non-hydrogen) atoms. The third kappa shape index (κ3) is 5.38. The Bertz CT molecular complexity index is 907. The first-order valence-corrected chi connectivity index (χ1v) is 10.7. The molecule has 1 aromatic heterocycles. The number of hydrogen-bond acceptors (Lipinski definition) is 5. The molecule has 0 aliphatic carbocycles. The van der Waals surface area contributed by atoms with Crippen LogP contribution in [0.15, 0.2) is 42.6 Å². The van der Waals surface area contributed by atoms with Crippen molar-refractivity contribution in [1.82, 2.24) is 15.2 Å². The van der Waals surface area contributed by atoms with Gasteiger partial charge in [0.05, 0.1) is 13.2 Å². The molecule has 2 saturated heterocycles. The smallest absolute Gasteiger partial charge is 0.254 e. The van der Waals surface area contributed by atoms with Crippen molar-refractivity contribution < 1.29 is 18.7 Å². The van der Waals surface area contributed by atoms with Gasteiger partial charge >= 0.3 is 0 Å². The molecule has 0 unspecified atom stereocenters. The maximum Gasteiger partial charge on any atom is 0.254 e. The topological polar surface area (TPSA) is 74.8 Å². The molecule has 1 aromatic carbocycles. The molecular formula is C23H27FN4O3. The van der Waals surface area contributed by atoms with Gasteiger partial charge in [0.15, 0.2) is 0 Å². The van der Waals surface area contributed by atoms with Gasteiger partial charge in [0.25, 0.3) is 5.91 Å². The number of carbonyl (C=O) groups excluding carboxylic acids is 2. The molecule has 0 spiro atoms. The summed E-state index contributed by atoms with van der Waals surface area (Å²) in [5.74, 6) is 0.445. The number of piperidine rings is 1. The fourth-order valence-corrected chi connectivity index (χ4v) is 3.98. The van der Waals surface area contributed by atoms with E-state index < -0.39 is 0 Å². The second-order valence-electron chi connectivity index (χ2n) is 7.91. The number of aromatic nitrogens is 1. The minimum atomic E-state index is -0.285. The van der Waals surface area contributed by atoms with E-state index in [1.54, 1.807) is 29.3 Å². The summed E-state index contributed by atoms with van der Waals surface area (Å²) in [7, 11) is 0. The molecule has 0 radical (unpaired) electrons. The lowest BCUT2D eigenvalue weighted by molar-refractivity contribution is -0.125. The van der Waals surface area contributed by atoms with Gasteiger partial charge in [0.1, 0.15) is 11.6 Å². The van der Waals surface area contributed by atoms with Crippen molar-refractivity contribution in [2.45, 2.75) is 19.4 Å². The molecule has 7 nitrogen and oxygen atoms in total. The van der Waals surface area contributed by atoms with Gasteiger partial charge in [0.2, 0.25) is 5.91 Å². The minimum Gasteiger partial charge on any atom is -0.378 e. The third-order valence-electron chi connectivity index (χ3n) is 5.86. The Morgan fingerprint density at radius 1 is 1.06 bits per heavy atom. The maximum atomic E-state index is 13.0. The zero-order valence-electron chi connectivity index (χ0n) is 17.4. The Kier molecular flexibility index (Phi) is 6.76. The molecule has 2 amide bonds. The second kappa shape index (κ2) is 9.87. The molecule has 0 atom stereocenters. The van der Waals surface area contributed by atoms with E-state index in [2.05, 4.69) is 15.2 Å². The summed E-state index contributed by atoms with van der Waals surface area (Å²) in [4.78, 5) is 33.6. The number of anilines is 1. The summed E-state index contributed by atoms with van der Waals surface area (Å²) in [6, 6.07) is 9.73. The van der Waals surface area contributed by atoms with Crippen molar-refractivity contribution in [3.8, 4) is 0 Å². The number of halogens is 1. The summed E-state index contributed by atoms with van der Waals surface area (Å²) in [5.41, 5.74) is 1.50. The van der Waals surface area contributed by atoms with Crippen molar-refractivity contribution in [1.29, 1.82) is 0 Å². The number of rotatable bonds is 5.